The number of aromatic nitrogens is 1. The maximum Gasteiger partial charge on any atom is 0.283 e. The van der Waals surface area contributed by atoms with E-state index < -0.39 is 5.91 Å². The van der Waals surface area contributed by atoms with Crippen LogP contribution in [0, 0.1) is 40.0 Å². The third-order valence-electron chi connectivity index (χ3n) is 6.46. The van der Waals surface area contributed by atoms with Gasteiger partial charge < -0.3 is 9.30 Å². The summed E-state index contributed by atoms with van der Waals surface area (Å²) in [5.41, 5.74) is 7.69. The zero-order valence-corrected chi connectivity index (χ0v) is 21.7. The van der Waals surface area contributed by atoms with Gasteiger partial charge in [0, 0.05) is 17.1 Å². The normalized spacial score (nSPS) is 16.4. The highest BCUT2D eigenvalue weighted by Gasteiger charge is 2.36. The molecular weight excluding hydrogens is 470 g/mol. The fourth-order valence-corrected chi connectivity index (χ4v) is 5.10. The van der Waals surface area contributed by atoms with Gasteiger partial charge in [-0.1, -0.05) is 24.3 Å². The van der Waals surface area contributed by atoms with Gasteiger partial charge in [-0.2, -0.15) is 15.1 Å². The summed E-state index contributed by atoms with van der Waals surface area (Å²) >= 11 is 1.25. The van der Waals surface area contributed by atoms with Crippen molar-refractivity contribution in [1.29, 1.82) is 5.41 Å². The van der Waals surface area contributed by atoms with Crippen LogP contribution in [0.2, 0.25) is 0 Å². The molecule has 0 saturated carbocycles. The van der Waals surface area contributed by atoms with Crippen LogP contribution in [-0.2, 0) is 4.79 Å². The van der Waals surface area contributed by atoms with Crippen molar-refractivity contribution in [2.45, 2.75) is 34.6 Å². The number of nitrogens with zero attached hydrogens (tertiary/aromatic N) is 4. The number of nitrogens with one attached hydrogen (secondary N) is 1. The molecule has 0 radical (unpaired) electrons. The Labute approximate surface area is 214 Å². The van der Waals surface area contributed by atoms with Crippen molar-refractivity contribution in [3.05, 3.63) is 87.7 Å². The van der Waals surface area contributed by atoms with Crippen LogP contribution in [0.25, 0.3) is 11.8 Å². The minimum absolute atomic E-state index is 0.0133. The number of rotatable bonds is 5. The van der Waals surface area contributed by atoms with E-state index in [0.29, 0.717) is 10.2 Å². The van der Waals surface area contributed by atoms with Crippen LogP contribution in [0.4, 0.5) is 0 Å². The first-order valence-electron chi connectivity index (χ1n) is 11.7. The molecule has 5 rings (SSSR count). The summed E-state index contributed by atoms with van der Waals surface area (Å²) in [7, 11) is 0. The van der Waals surface area contributed by atoms with Crippen molar-refractivity contribution in [2.24, 2.45) is 10.1 Å². The molecule has 0 aliphatic carbocycles. The van der Waals surface area contributed by atoms with E-state index in [9.17, 15) is 4.79 Å². The van der Waals surface area contributed by atoms with Crippen LogP contribution >= 0.6 is 11.8 Å². The highest BCUT2D eigenvalue weighted by Crippen LogP contribution is 2.30. The molecule has 3 heterocycles. The first-order chi connectivity index (χ1) is 17.2. The Morgan fingerprint density at radius 3 is 2.53 bits per heavy atom. The van der Waals surface area contributed by atoms with Crippen LogP contribution in [0.1, 0.15) is 33.6 Å². The number of thioether (sulfide) groups is 1. The standard InChI is InChI=1S/C28H27N5O2S/c1-16-10-11-22(12-18(16)3)32-19(4)13-21(20(32)5)14-23-26(29)33-28(30-27(23)34)36-25(31-33)15-35-24-9-7-6-8-17(24)2/h6-14,29H,15H2,1-5H3/b23-14-,29-26?. The van der Waals surface area contributed by atoms with Gasteiger partial charge in [-0.25, -0.2) is 0 Å². The summed E-state index contributed by atoms with van der Waals surface area (Å²) < 4.78 is 8.06. The molecule has 3 aromatic rings. The van der Waals surface area contributed by atoms with Gasteiger partial charge in [0.25, 0.3) is 5.91 Å². The van der Waals surface area contributed by atoms with Gasteiger partial charge in [0.15, 0.2) is 5.84 Å². The van der Waals surface area contributed by atoms with Gasteiger partial charge in [-0.05, 0) is 99.0 Å². The van der Waals surface area contributed by atoms with Crippen LogP contribution in [-0.4, -0.2) is 38.1 Å². The molecule has 0 bridgehead atoms. The first kappa shape index (κ1) is 23.8. The molecule has 182 valence electrons. The monoisotopic (exact) mass is 497 g/mol. The molecule has 2 aromatic carbocycles. The highest BCUT2D eigenvalue weighted by atomic mass is 32.2. The van der Waals surface area contributed by atoms with Crippen LogP contribution in [0.3, 0.4) is 0 Å². The van der Waals surface area contributed by atoms with E-state index in [1.54, 1.807) is 6.08 Å². The molecule has 0 saturated heterocycles. The topological polar surface area (TPSA) is 83.0 Å². The SMILES string of the molecule is Cc1ccc(-n2c(C)cc(/C=C3/C(=N)N4N=C(COc5ccccc5C)SC4=NC3=O)c2C)cc1C. The van der Waals surface area contributed by atoms with Crippen LogP contribution < -0.4 is 4.74 Å². The lowest BCUT2D eigenvalue weighted by Crippen LogP contribution is -2.35. The van der Waals surface area contributed by atoms with Gasteiger partial charge in [0.2, 0.25) is 5.17 Å². The van der Waals surface area contributed by atoms with E-state index in [0.717, 1.165) is 34.0 Å². The van der Waals surface area contributed by atoms with Gasteiger partial charge >= 0.3 is 0 Å². The number of carbonyl (C=O) groups excluding carboxylic acids is 1. The predicted octanol–water partition coefficient (Wildman–Crippen LogP) is 5.72. The molecule has 2 aliphatic rings. The van der Waals surface area contributed by atoms with Gasteiger partial charge in [0.1, 0.15) is 17.4 Å². The van der Waals surface area contributed by atoms with Crippen LogP contribution in [0.15, 0.2) is 64.2 Å². The fraction of sp³-hybridized carbons (Fsp3) is 0.214. The van der Waals surface area contributed by atoms with Crippen molar-refractivity contribution in [2.75, 3.05) is 6.61 Å². The number of hydrogen-bond acceptors (Lipinski definition) is 5. The average molecular weight is 498 g/mol. The Morgan fingerprint density at radius 1 is 1.00 bits per heavy atom. The summed E-state index contributed by atoms with van der Waals surface area (Å²) in [6, 6.07) is 16.2. The number of amidine groups is 2. The maximum atomic E-state index is 12.9. The molecule has 0 spiro atoms. The van der Waals surface area contributed by atoms with Crippen molar-refractivity contribution in [3.63, 3.8) is 0 Å². The largest absolute Gasteiger partial charge is 0.486 e. The maximum absolute atomic E-state index is 12.9. The summed E-state index contributed by atoms with van der Waals surface area (Å²) in [5, 5.41) is 15.7. The quantitative estimate of drug-likeness (QED) is 0.457. The molecule has 36 heavy (non-hydrogen) atoms. The van der Waals surface area contributed by atoms with Crippen molar-refractivity contribution in [1.82, 2.24) is 9.58 Å². The minimum atomic E-state index is -0.439. The Balaban J connectivity index is 1.41. The molecule has 8 heteroatoms. The van der Waals surface area contributed by atoms with Crippen LogP contribution in [0.5, 0.6) is 5.75 Å². The second-order valence-electron chi connectivity index (χ2n) is 9.00. The number of aliphatic imine (C=N–C) groups is 1. The summed E-state index contributed by atoms with van der Waals surface area (Å²) in [6.07, 6.45) is 1.74. The molecular formula is C28H27N5O2S. The average Bonchev–Trinajstić information content (AvgIpc) is 3.37. The second-order valence-corrected chi connectivity index (χ2v) is 10.0. The lowest BCUT2D eigenvalue weighted by molar-refractivity contribution is -0.114. The molecule has 1 aromatic heterocycles. The Kier molecular flexibility index (Phi) is 6.14. The molecule has 1 N–H and O–H groups in total. The van der Waals surface area contributed by atoms with E-state index in [2.05, 4.69) is 46.7 Å². The number of aryl methyl sites for hydroxylation is 4. The smallest absolute Gasteiger partial charge is 0.283 e. The Morgan fingerprint density at radius 2 is 1.78 bits per heavy atom. The first-order valence-corrected chi connectivity index (χ1v) is 12.5. The summed E-state index contributed by atoms with van der Waals surface area (Å²) in [6.45, 7) is 10.5. The van der Waals surface area contributed by atoms with Crippen molar-refractivity contribution >= 4 is 39.8 Å². The number of carbonyl (C=O) groups is 1. The molecule has 1 amide bonds. The lowest BCUT2D eigenvalue weighted by Gasteiger charge is -2.20. The molecule has 0 unspecified atom stereocenters. The van der Waals surface area contributed by atoms with Gasteiger partial charge in [-0.3, -0.25) is 10.2 Å². The zero-order chi connectivity index (χ0) is 25.6. The van der Waals surface area contributed by atoms with E-state index in [1.807, 2.05) is 51.1 Å². The highest BCUT2D eigenvalue weighted by molar-refractivity contribution is 8.27. The predicted molar refractivity (Wildman–Crippen MR) is 146 cm³/mol. The summed E-state index contributed by atoms with van der Waals surface area (Å²) in [4.78, 5) is 17.1. The van der Waals surface area contributed by atoms with Gasteiger partial charge in [-0.15, -0.1) is 0 Å². The second kappa shape index (κ2) is 9.28. The zero-order valence-electron chi connectivity index (χ0n) is 20.9. The number of benzene rings is 2. The number of hydrazone groups is 1. The minimum Gasteiger partial charge on any atom is -0.486 e. The number of hydrogen-bond donors (Lipinski definition) is 1. The van der Waals surface area contributed by atoms with E-state index in [1.165, 1.54) is 27.9 Å². The lowest BCUT2D eigenvalue weighted by atomic mass is 10.1. The van der Waals surface area contributed by atoms with Crippen molar-refractivity contribution < 1.29 is 9.53 Å². The Hall–Kier alpha value is -3.91. The third kappa shape index (κ3) is 4.28. The summed E-state index contributed by atoms with van der Waals surface area (Å²) in [5.74, 6) is 0.351. The Bertz CT molecular complexity index is 1510. The fourth-order valence-electron chi connectivity index (χ4n) is 4.30. The number of ether oxygens (including phenoxy) is 1. The number of amides is 1. The number of para-hydroxylation sites is 1. The van der Waals surface area contributed by atoms with Gasteiger partial charge in [0.05, 0.1) is 5.57 Å². The molecule has 2 aliphatic heterocycles. The molecule has 0 fully saturated rings. The molecule has 7 nitrogen and oxygen atoms in total. The van der Waals surface area contributed by atoms with E-state index in [4.69, 9.17) is 10.1 Å². The van der Waals surface area contributed by atoms with Crippen molar-refractivity contribution in [3.8, 4) is 11.4 Å². The third-order valence-corrected chi connectivity index (χ3v) is 7.34. The van der Waals surface area contributed by atoms with E-state index >= 15 is 0 Å². The van der Waals surface area contributed by atoms with E-state index in [-0.39, 0.29) is 18.0 Å². The molecule has 0 atom stereocenters. The number of fused-ring (bicyclic) bond motifs is 1.